The van der Waals surface area contributed by atoms with E-state index in [1.165, 1.54) is 12.4 Å². The van der Waals surface area contributed by atoms with Crippen molar-refractivity contribution in [1.29, 1.82) is 5.26 Å². The molecule has 2 amide bonds. The van der Waals surface area contributed by atoms with E-state index in [2.05, 4.69) is 25.6 Å². The molecule has 0 radical (unpaired) electrons. The van der Waals surface area contributed by atoms with Crippen LogP contribution in [0.2, 0.25) is 0 Å². The third kappa shape index (κ3) is 3.85. The molecule has 0 spiro atoms. The number of benzene rings is 1. The van der Waals surface area contributed by atoms with Crippen LogP contribution in [0.5, 0.6) is 0 Å². The molecule has 1 aliphatic carbocycles. The van der Waals surface area contributed by atoms with Crippen LogP contribution in [-0.4, -0.2) is 33.8 Å². The Morgan fingerprint density at radius 2 is 1.74 bits per heavy atom. The van der Waals surface area contributed by atoms with Gasteiger partial charge in [0.2, 0.25) is 11.9 Å². The minimum absolute atomic E-state index is 0.151. The van der Waals surface area contributed by atoms with Gasteiger partial charge < -0.3 is 5.32 Å². The molecule has 1 aliphatic rings. The van der Waals surface area contributed by atoms with E-state index in [0.717, 1.165) is 36.0 Å². The Morgan fingerprint density at radius 1 is 1.03 bits per heavy atom. The number of carbonyl (C=O) groups is 2. The van der Waals surface area contributed by atoms with Crippen molar-refractivity contribution < 1.29 is 9.59 Å². The minimum atomic E-state index is -0.624. The number of anilines is 1. The lowest BCUT2D eigenvalue weighted by Gasteiger charge is -2.40. The number of aromatic nitrogens is 3. The van der Waals surface area contributed by atoms with Gasteiger partial charge in [0.25, 0.3) is 5.91 Å². The van der Waals surface area contributed by atoms with Gasteiger partial charge in [-0.15, -0.1) is 0 Å². The smallest absolute Gasteiger partial charge is 0.269 e. The quantitative estimate of drug-likeness (QED) is 0.665. The van der Waals surface area contributed by atoms with Crippen molar-refractivity contribution in [3.05, 3.63) is 71.8 Å². The summed E-state index contributed by atoms with van der Waals surface area (Å²) in [6, 6.07) is 13.3. The highest BCUT2D eigenvalue weighted by molar-refractivity contribution is 5.99. The number of pyridine rings is 1. The Balaban J connectivity index is 1.56. The third-order valence-corrected chi connectivity index (χ3v) is 5.64. The summed E-state index contributed by atoms with van der Waals surface area (Å²) in [5, 5.41) is 14.2. The SMILES string of the molecule is CNC(=O)c1cc(-c2ccc(C3(C(=O)Nc4ncc(C#N)cn4)CCC3)cc2)ccn1. The van der Waals surface area contributed by atoms with Crippen molar-refractivity contribution in [2.75, 3.05) is 12.4 Å². The van der Waals surface area contributed by atoms with E-state index in [9.17, 15) is 9.59 Å². The summed E-state index contributed by atoms with van der Waals surface area (Å²) >= 11 is 0. The summed E-state index contributed by atoms with van der Waals surface area (Å²) in [6.07, 6.45) is 6.81. The Bertz CT molecular complexity index is 1160. The van der Waals surface area contributed by atoms with Gasteiger partial charge in [0.1, 0.15) is 11.8 Å². The molecule has 1 saturated carbocycles. The van der Waals surface area contributed by atoms with E-state index in [4.69, 9.17) is 5.26 Å². The molecule has 2 aromatic heterocycles. The standard InChI is InChI=1S/C23H20N6O2/c1-25-20(30)19-11-17(7-10-26-19)16-3-5-18(6-4-16)23(8-2-9-23)21(31)29-22-27-13-15(12-24)14-28-22/h3-7,10-11,13-14H,2,8-9H2,1H3,(H,25,30)(H,27,28,29,31). The predicted molar refractivity (Wildman–Crippen MR) is 114 cm³/mol. The van der Waals surface area contributed by atoms with Crippen molar-refractivity contribution in [1.82, 2.24) is 20.3 Å². The molecule has 8 heteroatoms. The van der Waals surface area contributed by atoms with Gasteiger partial charge in [0.05, 0.1) is 23.4 Å². The lowest BCUT2D eigenvalue weighted by Crippen LogP contribution is -2.46. The van der Waals surface area contributed by atoms with Gasteiger partial charge in [-0.2, -0.15) is 5.26 Å². The van der Waals surface area contributed by atoms with Crippen LogP contribution in [0.3, 0.4) is 0 Å². The van der Waals surface area contributed by atoms with Gasteiger partial charge in [-0.3, -0.25) is 19.9 Å². The number of hydrogen-bond acceptors (Lipinski definition) is 6. The number of amides is 2. The molecular weight excluding hydrogens is 392 g/mol. The maximum absolute atomic E-state index is 13.1. The lowest BCUT2D eigenvalue weighted by molar-refractivity contribution is -0.124. The zero-order valence-corrected chi connectivity index (χ0v) is 16.9. The van der Waals surface area contributed by atoms with Crippen molar-refractivity contribution in [2.45, 2.75) is 24.7 Å². The first kappa shape index (κ1) is 20.2. The summed E-state index contributed by atoms with van der Waals surface area (Å²) in [5.41, 5.74) is 2.79. The Hall–Kier alpha value is -4.12. The van der Waals surface area contributed by atoms with Gasteiger partial charge in [0, 0.05) is 13.2 Å². The number of carbonyl (C=O) groups excluding carboxylic acids is 2. The monoisotopic (exact) mass is 412 g/mol. The minimum Gasteiger partial charge on any atom is -0.354 e. The van der Waals surface area contributed by atoms with Crippen LogP contribution < -0.4 is 10.6 Å². The van der Waals surface area contributed by atoms with E-state index in [-0.39, 0.29) is 17.8 Å². The molecule has 0 atom stereocenters. The van der Waals surface area contributed by atoms with Gasteiger partial charge in [-0.1, -0.05) is 30.7 Å². The van der Waals surface area contributed by atoms with Crippen molar-refractivity contribution >= 4 is 17.8 Å². The molecule has 0 bridgehead atoms. The molecule has 1 aromatic carbocycles. The first-order valence-corrected chi connectivity index (χ1v) is 9.88. The van der Waals surface area contributed by atoms with Crippen LogP contribution in [0, 0.1) is 11.3 Å². The highest BCUT2D eigenvalue weighted by Crippen LogP contribution is 2.45. The van der Waals surface area contributed by atoms with E-state index in [1.54, 1.807) is 19.3 Å². The second-order valence-corrected chi connectivity index (χ2v) is 7.38. The lowest BCUT2D eigenvalue weighted by atomic mass is 9.63. The number of nitrogens with one attached hydrogen (secondary N) is 2. The van der Waals surface area contributed by atoms with Crippen LogP contribution in [0.1, 0.15) is 40.9 Å². The fourth-order valence-electron chi connectivity index (χ4n) is 3.69. The summed E-state index contributed by atoms with van der Waals surface area (Å²) in [7, 11) is 1.57. The molecule has 154 valence electrons. The molecule has 2 N–H and O–H groups in total. The maximum Gasteiger partial charge on any atom is 0.269 e. The second kappa shape index (κ2) is 8.32. The highest BCUT2D eigenvalue weighted by Gasteiger charge is 2.45. The normalized spacial score (nSPS) is 14.1. The molecule has 0 aliphatic heterocycles. The molecule has 3 aromatic rings. The Morgan fingerprint density at radius 3 is 2.32 bits per heavy atom. The fourth-order valence-corrected chi connectivity index (χ4v) is 3.69. The van der Waals surface area contributed by atoms with E-state index < -0.39 is 5.41 Å². The van der Waals surface area contributed by atoms with E-state index >= 15 is 0 Å². The predicted octanol–water partition coefficient (Wildman–Crippen LogP) is 2.83. The zero-order valence-electron chi connectivity index (χ0n) is 16.9. The second-order valence-electron chi connectivity index (χ2n) is 7.38. The number of nitrogens with zero attached hydrogens (tertiary/aromatic N) is 4. The van der Waals surface area contributed by atoms with Crippen LogP contribution >= 0.6 is 0 Å². The van der Waals surface area contributed by atoms with Crippen LogP contribution in [0.15, 0.2) is 55.0 Å². The molecule has 31 heavy (non-hydrogen) atoms. The Kier molecular flexibility index (Phi) is 5.41. The average molecular weight is 412 g/mol. The molecule has 1 fully saturated rings. The van der Waals surface area contributed by atoms with Crippen molar-refractivity contribution in [3.63, 3.8) is 0 Å². The summed E-state index contributed by atoms with van der Waals surface area (Å²) < 4.78 is 0. The molecular formula is C23H20N6O2. The highest BCUT2D eigenvalue weighted by atomic mass is 16.2. The van der Waals surface area contributed by atoms with Crippen LogP contribution in [0.4, 0.5) is 5.95 Å². The van der Waals surface area contributed by atoms with Crippen LogP contribution in [0.25, 0.3) is 11.1 Å². The number of rotatable bonds is 5. The van der Waals surface area contributed by atoms with Crippen molar-refractivity contribution in [3.8, 4) is 17.2 Å². The fraction of sp³-hybridized carbons (Fsp3) is 0.217. The van der Waals surface area contributed by atoms with Crippen molar-refractivity contribution in [2.24, 2.45) is 0 Å². The third-order valence-electron chi connectivity index (χ3n) is 5.64. The van der Waals surface area contributed by atoms with E-state index in [0.29, 0.717) is 11.3 Å². The van der Waals surface area contributed by atoms with Gasteiger partial charge in [0.15, 0.2) is 0 Å². The summed E-state index contributed by atoms with van der Waals surface area (Å²) in [4.78, 5) is 37.1. The summed E-state index contributed by atoms with van der Waals surface area (Å²) in [6.45, 7) is 0. The molecule has 0 unspecified atom stereocenters. The van der Waals surface area contributed by atoms with Crippen LogP contribution in [-0.2, 0) is 10.2 Å². The molecule has 8 nitrogen and oxygen atoms in total. The topological polar surface area (TPSA) is 121 Å². The van der Waals surface area contributed by atoms with Gasteiger partial charge >= 0.3 is 0 Å². The first-order chi connectivity index (χ1) is 15.1. The first-order valence-electron chi connectivity index (χ1n) is 9.88. The van der Waals surface area contributed by atoms with Gasteiger partial charge in [-0.25, -0.2) is 9.97 Å². The van der Waals surface area contributed by atoms with Gasteiger partial charge in [-0.05, 0) is 41.7 Å². The Labute approximate surface area is 179 Å². The molecule has 4 rings (SSSR count). The summed E-state index contributed by atoms with van der Waals surface area (Å²) in [5.74, 6) is -0.207. The van der Waals surface area contributed by atoms with E-state index in [1.807, 2.05) is 36.4 Å². The number of hydrogen-bond donors (Lipinski definition) is 2. The maximum atomic E-state index is 13.1. The largest absolute Gasteiger partial charge is 0.354 e. The average Bonchev–Trinajstić information content (AvgIpc) is 2.79. The number of nitriles is 1. The molecule has 0 saturated heterocycles. The molecule has 2 heterocycles. The zero-order chi connectivity index (χ0) is 21.8.